The maximum Gasteiger partial charge on any atom is 0.251 e. The quantitative estimate of drug-likeness (QED) is 0.279. The van der Waals surface area contributed by atoms with Crippen LogP contribution in [0.1, 0.15) is 23.2 Å². The van der Waals surface area contributed by atoms with Crippen LogP contribution in [0.3, 0.4) is 0 Å². The van der Waals surface area contributed by atoms with E-state index in [1.54, 1.807) is 31.4 Å². The molecule has 3 saturated heterocycles. The SMILES string of the molecule is CN=C(NCCNC(=O)c1ccc(OC)cc1)N1CC2C3CCC(O3)C2C1.I. The fourth-order valence-electron chi connectivity index (χ4n) is 4.66. The van der Waals surface area contributed by atoms with Crippen LogP contribution in [0.2, 0.25) is 0 Å². The summed E-state index contributed by atoms with van der Waals surface area (Å²) >= 11 is 0. The van der Waals surface area contributed by atoms with Gasteiger partial charge in [0.25, 0.3) is 5.91 Å². The molecule has 0 aromatic heterocycles. The van der Waals surface area contributed by atoms with E-state index in [0.29, 0.717) is 42.7 Å². The van der Waals surface area contributed by atoms with E-state index in [4.69, 9.17) is 9.47 Å². The predicted molar refractivity (Wildman–Crippen MR) is 119 cm³/mol. The van der Waals surface area contributed by atoms with Gasteiger partial charge < -0.3 is 25.0 Å². The number of carbonyl (C=O) groups is 1. The lowest BCUT2D eigenvalue weighted by atomic mass is 9.82. The van der Waals surface area contributed by atoms with E-state index in [-0.39, 0.29) is 29.9 Å². The van der Waals surface area contributed by atoms with Crippen molar-refractivity contribution in [2.24, 2.45) is 16.8 Å². The molecular formula is C20H29IN4O3. The largest absolute Gasteiger partial charge is 0.497 e. The van der Waals surface area contributed by atoms with Gasteiger partial charge in [-0.2, -0.15) is 0 Å². The van der Waals surface area contributed by atoms with Crippen LogP contribution in [-0.4, -0.2) is 69.3 Å². The van der Waals surface area contributed by atoms with Crippen molar-refractivity contribution in [2.45, 2.75) is 25.0 Å². The maximum absolute atomic E-state index is 12.2. The molecule has 2 N–H and O–H groups in total. The van der Waals surface area contributed by atoms with Crippen molar-refractivity contribution < 1.29 is 14.3 Å². The van der Waals surface area contributed by atoms with Crippen LogP contribution in [0, 0.1) is 11.8 Å². The molecule has 3 heterocycles. The molecule has 0 aliphatic carbocycles. The Morgan fingerprint density at radius 3 is 2.32 bits per heavy atom. The molecule has 0 radical (unpaired) electrons. The van der Waals surface area contributed by atoms with E-state index in [9.17, 15) is 4.79 Å². The van der Waals surface area contributed by atoms with Gasteiger partial charge in [-0.1, -0.05) is 0 Å². The molecule has 3 fully saturated rings. The van der Waals surface area contributed by atoms with Crippen LogP contribution in [0.4, 0.5) is 0 Å². The third-order valence-electron chi connectivity index (χ3n) is 6.01. The summed E-state index contributed by atoms with van der Waals surface area (Å²) in [5.41, 5.74) is 0.628. The molecule has 28 heavy (non-hydrogen) atoms. The molecule has 8 heteroatoms. The Kier molecular flexibility index (Phi) is 7.03. The van der Waals surface area contributed by atoms with Crippen molar-refractivity contribution in [3.05, 3.63) is 29.8 Å². The van der Waals surface area contributed by atoms with Gasteiger partial charge in [-0.25, -0.2) is 0 Å². The lowest BCUT2D eigenvalue weighted by Gasteiger charge is -2.23. The van der Waals surface area contributed by atoms with Crippen molar-refractivity contribution in [2.75, 3.05) is 40.3 Å². The van der Waals surface area contributed by atoms with Crippen LogP contribution in [0.25, 0.3) is 0 Å². The zero-order valence-electron chi connectivity index (χ0n) is 16.4. The second kappa shape index (κ2) is 9.30. The smallest absolute Gasteiger partial charge is 0.251 e. The third-order valence-corrected chi connectivity index (χ3v) is 6.01. The second-order valence-electron chi connectivity index (χ2n) is 7.48. The minimum atomic E-state index is -0.0844. The summed E-state index contributed by atoms with van der Waals surface area (Å²) in [4.78, 5) is 19.0. The Morgan fingerprint density at radius 1 is 1.14 bits per heavy atom. The zero-order valence-corrected chi connectivity index (χ0v) is 18.7. The average molecular weight is 500 g/mol. The number of likely N-dealkylation sites (tertiary alicyclic amines) is 1. The van der Waals surface area contributed by atoms with Gasteiger partial charge in [0.05, 0.1) is 19.3 Å². The number of methoxy groups -OCH3 is 1. The van der Waals surface area contributed by atoms with Gasteiger partial charge in [-0.05, 0) is 37.1 Å². The van der Waals surface area contributed by atoms with Gasteiger partial charge in [0.2, 0.25) is 0 Å². The van der Waals surface area contributed by atoms with Crippen LogP contribution in [0.15, 0.2) is 29.3 Å². The summed E-state index contributed by atoms with van der Waals surface area (Å²) in [5, 5.41) is 6.31. The zero-order chi connectivity index (χ0) is 18.8. The van der Waals surface area contributed by atoms with Crippen molar-refractivity contribution in [1.82, 2.24) is 15.5 Å². The molecule has 3 aliphatic heterocycles. The molecule has 7 nitrogen and oxygen atoms in total. The summed E-state index contributed by atoms with van der Waals surface area (Å²) in [5.74, 6) is 2.88. The first-order valence-corrected chi connectivity index (χ1v) is 9.73. The van der Waals surface area contributed by atoms with Gasteiger partial charge in [-0.15, -0.1) is 24.0 Å². The number of guanidine groups is 1. The summed E-state index contributed by atoms with van der Waals surface area (Å²) < 4.78 is 11.2. The first-order chi connectivity index (χ1) is 13.2. The molecule has 154 valence electrons. The fraction of sp³-hybridized carbons (Fsp3) is 0.600. The minimum Gasteiger partial charge on any atom is -0.497 e. The van der Waals surface area contributed by atoms with Crippen LogP contribution >= 0.6 is 24.0 Å². The number of hydrogen-bond acceptors (Lipinski definition) is 4. The molecule has 1 aromatic rings. The number of ether oxygens (including phenoxy) is 2. The number of amides is 1. The number of benzene rings is 1. The number of aliphatic imine (C=N–C) groups is 1. The van der Waals surface area contributed by atoms with Crippen LogP contribution < -0.4 is 15.4 Å². The molecule has 2 bridgehead atoms. The second-order valence-corrected chi connectivity index (χ2v) is 7.48. The number of nitrogens with one attached hydrogen (secondary N) is 2. The number of carbonyl (C=O) groups excluding carboxylic acids is 1. The van der Waals surface area contributed by atoms with Gasteiger partial charge >= 0.3 is 0 Å². The first-order valence-electron chi connectivity index (χ1n) is 9.73. The van der Waals surface area contributed by atoms with Gasteiger partial charge in [0, 0.05) is 50.6 Å². The lowest BCUT2D eigenvalue weighted by Crippen LogP contribution is -2.44. The fourth-order valence-corrected chi connectivity index (χ4v) is 4.66. The lowest BCUT2D eigenvalue weighted by molar-refractivity contribution is 0.0767. The molecule has 4 atom stereocenters. The summed E-state index contributed by atoms with van der Waals surface area (Å²) in [6, 6.07) is 7.10. The first kappa shape index (κ1) is 21.2. The van der Waals surface area contributed by atoms with E-state index in [1.165, 1.54) is 12.8 Å². The standard InChI is InChI=1S/C20H28N4O3.HI/c1-21-20(24-11-15-16(12-24)18-8-7-17(15)27-18)23-10-9-22-19(25)13-3-5-14(26-2)6-4-13;/h3-6,15-18H,7-12H2,1-2H3,(H,21,23)(H,22,25);1H. The van der Waals surface area contributed by atoms with Crippen molar-refractivity contribution >= 4 is 35.8 Å². The van der Waals surface area contributed by atoms with Crippen LogP contribution in [-0.2, 0) is 4.74 Å². The molecular weight excluding hydrogens is 471 g/mol. The molecule has 1 amide bonds. The predicted octanol–water partition coefficient (Wildman–Crippen LogP) is 1.73. The summed E-state index contributed by atoms with van der Waals surface area (Å²) in [6.07, 6.45) is 3.32. The number of rotatable bonds is 5. The highest BCUT2D eigenvalue weighted by Crippen LogP contribution is 2.47. The number of fused-ring (bicyclic) bond motifs is 5. The Morgan fingerprint density at radius 2 is 1.75 bits per heavy atom. The summed E-state index contributed by atoms with van der Waals surface area (Å²) in [6.45, 7) is 3.22. The van der Waals surface area contributed by atoms with Gasteiger partial charge in [0.1, 0.15) is 5.75 Å². The molecule has 4 rings (SSSR count). The highest BCUT2D eigenvalue weighted by molar-refractivity contribution is 14.0. The van der Waals surface area contributed by atoms with E-state index in [0.717, 1.165) is 24.8 Å². The average Bonchev–Trinajstić information content (AvgIpc) is 3.41. The van der Waals surface area contributed by atoms with Gasteiger partial charge in [0.15, 0.2) is 5.96 Å². The highest BCUT2D eigenvalue weighted by atomic mass is 127. The molecule has 0 saturated carbocycles. The van der Waals surface area contributed by atoms with E-state index in [1.807, 2.05) is 7.05 Å². The normalized spacial score (nSPS) is 27.9. The minimum absolute atomic E-state index is 0. The Bertz CT molecular complexity index is 694. The Balaban J connectivity index is 0.00000225. The summed E-state index contributed by atoms with van der Waals surface area (Å²) in [7, 11) is 3.43. The monoisotopic (exact) mass is 500 g/mol. The molecule has 4 unspecified atom stereocenters. The third kappa shape index (κ3) is 4.22. The van der Waals surface area contributed by atoms with Crippen LogP contribution in [0.5, 0.6) is 5.75 Å². The molecule has 1 aromatic carbocycles. The van der Waals surface area contributed by atoms with Crippen molar-refractivity contribution in [1.29, 1.82) is 0 Å². The maximum atomic E-state index is 12.2. The topological polar surface area (TPSA) is 75.2 Å². The Hall–Kier alpha value is -1.55. The van der Waals surface area contributed by atoms with E-state index in [2.05, 4.69) is 20.5 Å². The number of nitrogens with zero attached hydrogens (tertiary/aromatic N) is 2. The van der Waals surface area contributed by atoms with Crippen molar-refractivity contribution in [3.63, 3.8) is 0 Å². The number of hydrogen-bond donors (Lipinski definition) is 2. The highest BCUT2D eigenvalue weighted by Gasteiger charge is 2.53. The Labute approximate surface area is 183 Å². The molecule has 0 spiro atoms. The van der Waals surface area contributed by atoms with E-state index >= 15 is 0 Å². The van der Waals surface area contributed by atoms with Gasteiger partial charge in [-0.3, -0.25) is 9.79 Å². The number of halogens is 1. The van der Waals surface area contributed by atoms with E-state index < -0.39 is 0 Å². The molecule has 3 aliphatic rings. The van der Waals surface area contributed by atoms with Crippen molar-refractivity contribution in [3.8, 4) is 5.75 Å².